The van der Waals surface area contributed by atoms with Crippen LogP contribution in [0.3, 0.4) is 0 Å². The second-order valence-electron chi connectivity index (χ2n) is 9.93. The molecule has 3 fully saturated rings. The number of halogens is 1. The van der Waals surface area contributed by atoms with E-state index in [1.54, 1.807) is 28.3 Å². The summed E-state index contributed by atoms with van der Waals surface area (Å²) in [6.45, 7) is 5.07. The number of hydrogen-bond acceptors (Lipinski definition) is 6. The number of piperazine rings is 1. The van der Waals surface area contributed by atoms with Gasteiger partial charge in [0.2, 0.25) is 0 Å². The second-order valence-corrected chi connectivity index (χ2v) is 9.93. The molecule has 34 heavy (non-hydrogen) atoms. The summed E-state index contributed by atoms with van der Waals surface area (Å²) >= 11 is 0. The highest BCUT2D eigenvalue weighted by molar-refractivity contribution is 5.98. The number of aromatic nitrogens is 4. The molecule has 0 spiro atoms. The third-order valence-corrected chi connectivity index (χ3v) is 7.35. The zero-order chi connectivity index (χ0) is 23.6. The lowest BCUT2D eigenvalue weighted by Crippen LogP contribution is -2.60. The van der Waals surface area contributed by atoms with Crippen LogP contribution in [0.4, 0.5) is 10.2 Å². The molecule has 0 bridgehead atoms. The van der Waals surface area contributed by atoms with E-state index in [1.807, 2.05) is 13.0 Å². The van der Waals surface area contributed by atoms with E-state index >= 15 is 0 Å². The van der Waals surface area contributed by atoms with Crippen molar-refractivity contribution in [3.63, 3.8) is 0 Å². The molecule has 3 aliphatic rings. The van der Waals surface area contributed by atoms with Gasteiger partial charge in [-0.1, -0.05) is 6.07 Å². The molecule has 1 amide bonds. The summed E-state index contributed by atoms with van der Waals surface area (Å²) in [5, 5.41) is 14.6. The number of rotatable bonds is 4. The van der Waals surface area contributed by atoms with Gasteiger partial charge in [-0.25, -0.2) is 19.0 Å². The van der Waals surface area contributed by atoms with E-state index in [-0.39, 0.29) is 18.0 Å². The van der Waals surface area contributed by atoms with E-state index in [0.29, 0.717) is 37.4 Å². The van der Waals surface area contributed by atoms with Crippen molar-refractivity contribution in [1.29, 1.82) is 5.26 Å². The predicted octanol–water partition coefficient (Wildman–Crippen LogP) is 3.49. The van der Waals surface area contributed by atoms with Gasteiger partial charge in [0, 0.05) is 36.8 Å². The number of nitriles is 1. The van der Waals surface area contributed by atoms with Crippen molar-refractivity contribution in [2.24, 2.45) is 0 Å². The van der Waals surface area contributed by atoms with Gasteiger partial charge in [-0.2, -0.15) is 10.4 Å². The standard InChI is InChI=1S/C25H26FN7O/c1-15-12-32(24(34)25(26)7-8-25)16(2)11-31(15)23-21-19(18-3-4-18)5-6-20(22(21)28-14-29-23)33-13-17(9-27)10-30-33/h5-6,10,13-16,18H,3-4,7-8,11-12H2,1-2H3/t15-,16+/m0/s1. The first-order valence-corrected chi connectivity index (χ1v) is 11.9. The molecule has 2 aromatic heterocycles. The third-order valence-electron chi connectivity index (χ3n) is 7.35. The molecule has 0 unspecified atom stereocenters. The Morgan fingerprint density at radius 1 is 1.18 bits per heavy atom. The summed E-state index contributed by atoms with van der Waals surface area (Å²) in [5.74, 6) is 0.951. The molecular formula is C25H26FN7O. The normalized spacial score (nSPS) is 23.7. The minimum atomic E-state index is -1.65. The zero-order valence-corrected chi connectivity index (χ0v) is 19.3. The molecule has 9 heteroatoms. The van der Waals surface area contributed by atoms with Crippen LogP contribution in [0, 0.1) is 11.3 Å². The zero-order valence-electron chi connectivity index (χ0n) is 19.3. The molecule has 6 rings (SSSR count). The van der Waals surface area contributed by atoms with Gasteiger partial charge in [0.1, 0.15) is 23.7 Å². The smallest absolute Gasteiger partial charge is 0.260 e. The Hall–Kier alpha value is -3.54. The third kappa shape index (κ3) is 3.31. The fraction of sp³-hybridized carbons (Fsp3) is 0.480. The fourth-order valence-corrected chi connectivity index (χ4v) is 5.10. The highest BCUT2D eigenvalue weighted by Crippen LogP contribution is 2.46. The van der Waals surface area contributed by atoms with Crippen LogP contribution in [-0.4, -0.2) is 61.4 Å². The Kier molecular flexibility index (Phi) is 4.63. The Bertz CT molecular complexity index is 1340. The van der Waals surface area contributed by atoms with Crippen LogP contribution in [-0.2, 0) is 4.79 Å². The molecule has 3 heterocycles. The summed E-state index contributed by atoms with van der Waals surface area (Å²) in [5.41, 5.74) is 1.64. The molecule has 0 N–H and O–H groups in total. The van der Waals surface area contributed by atoms with Gasteiger partial charge < -0.3 is 9.80 Å². The van der Waals surface area contributed by atoms with Crippen molar-refractivity contribution < 1.29 is 9.18 Å². The van der Waals surface area contributed by atoms with Gasteiger partial charge in [-0.15, -0.1) is 0 Å². The minimum absolute atomic E-state index is 0.0220. The van der Waals surface area contributed by atoms with E-state index < -0.39 is 5.67 Å². The summed E-state index contributed by atoms with van der Waals surface area (Å²) < 4.78 is 16.2. The first kappa shape index (κ1) is 21.0. The molecule has 2 atom stereocenters. The van der Waals surface area contributed by atoms with Gasteiger partial charge in [0.25, 0.3) is 5.91 Å². The van der Waals surface area contributed by atoms with E-state index in [9.17, 15) is 14.4 Å². The highest BCUT2D eigenvalue weighted by atomic mass is 19.1. The van der Waals surface area contributed by atoms with Crippen LogP contribution in [0.1, 0.15) is 56.6 Å². The Labute approximate surface area is 197 Å². The van der Waals surface area contributed by atoms with Crippen LogP contribution in [0.15, 0.2) is 30.9 Å². The number of carbonyl (C=O) groups is 1. The summed E-state index contributed by atoms with van der Waals surface area (Å²) in [6.07, 6.45) is 7.75. The van der Waals surface area contributed by atoms with E-state index in [1.165, 1.54) is 5.56 Å². The lowest BCUT2D eigenvalue weighted by atomic mass is 10.0. The number of alkyl halides is 1. The molecule has 2 aliphatic carbocycles. The summed E-state index contributed by atoms with van der Waals surface area (Å²) in [7, 11) is 0. The fourth-order valence-electron chi connectivity index (χ4n) is 5.10. The summed E-state index contributed by atoms with van der Waals surface area (Å²) in [4.78, 5) is 26.1. The van der Waals surface area contributed by atoms with Crippen LogP contribution >= 0.6 is 0 Å². The molecule has 174 valence electrons. The maximum atomic E-state index is 14.5. The molecule has 3 aromatic rings. The topological polar surface area (TPSA) is 90.9 Å². The quantitative estimate of drug-likeness (QED) is 0.593. The van der Waals surface area contributed by atoms with Crippen molar-refractivity contribution >= 4 is 22.6 Å². The monoisotopic (exact) mass is 459 g/mol. The number of amides is 1. The van der Waals surface area contributed by atoms with Crippen LogP contribution in [0.5, 0.6) is 0 Å². The van der Waals surface area contributed by atoms with Gasteiger partial charge in [-0.3, -0.25) is 4.79 Å². The number of carbonyl (C=O) groups excluding carboxylic acids is 1. The average Bonchev–Trinajstić information content (AvgIpc) is 3.77. The molecule has 2 saturated carbocycles. The number of anilines is 1. The lowest BCUT2D eigenvalue weighted by Gasteiger charge is -2.45. The molecule has 1 aliphatic heterocycles. The van der Waals surface area contributed by atoms with Crippen LogP contribution in [0.25, 0.3) is 16.6 Å². The van der Waals surface area contributed by atoms with Crippen molar-refractivity contribution in [1.82, 2.24) is 24.6 Å². The van der Waals surface area contributed by atoms with Gasteiger partial charge in [0.05, 0.1) is 17.4 Å². The Morgan fingerprint density at radius 3 is 2.65 bits per heavy atom. The number of nitrogens with zero attached hydrogens (tertiary/aromatic N) is 7. The van der Waals surface area contributed by atoms with Gasteiger partial charge in [0.15, 0.2) is 5.67 Å². The van der Waals surface area contributed by atoms with Crippen LogP contribution < -0.4 is 4.90 Å². The van der Waals surface area contributed by atoms with E-state index in [4.69, 9.17) is 4.98 Å². The largest absolute Gasteiger partial charge is 0.349 e. The molecule has 1 saturated heterocycles. The van der Waals surface area contributed by atoms with Gasteiger partial charge in [-0.05, 0) is 57.1 Å². The number of hydrogen-bond donors (Lipinski definition) is 0. The lowest BCUT2D eigenvalue weighted by molar-refractivity contribution is -0.141. The highest BCUT2D eigenvalue weighted by Gasteiger charge is 2.54. The SMILES string of the molecule is C[C@@H]1CN(c2ncnc3c(-n4cc(C#N)cn4)ccc(C4CC4)c23)[C@@H](C)CN1C(=O)C1(F)CC1. The first-order chi connectivity index (χ1) is 16.4. The molecular weight excluding hydrogens is 433 g/mol. The average molecular weight is 460 g/mol. The second kappa shape index (κ2) is 7.49. The minimum Gasteiger partial charge on any atom is -0.349 e. The number of benzene rings is 1. The van der Waals surface area contributed by atoms with Crippen molar-refractivity contribution in [3.8, 4) is 11.8 Å². The Morgan fingerprint density at radius 2 is 1.97 bits per heavy atom. The maximum absolute atomic E-state index is 14.5. The summed E-state index contributed by atoms with van der Waals surface area (Å²) in [6, 6.07) is 6.12. The Balaban J connectivity index is 1.43. The van der Waals surface area contributed by atoms with E-state index in [0.717, 1.165) is 35.2 Å². The van der Waals surface area contributed by atoms with Crippen molar-refractivity contribution in [3.05, 3.63) is 42.0 Å². The number of fused-ring (bicyclic) bond motifs is 1. The van der Waals surface area contributed by atoms with Crippen LogP contribution in [0.2, 0.25) is 0 Å². The molecule has 1 aromatic carbocycles. The maximum Gasteiger partial charge on any atom is 0.260 e. The van der Waals surface area contributed by atoms with E-state index in [2.05, 4.69) is 34.0 Å². The predicted molar refractivity (Wildman–Crippen MR) is 124 cm³/mol. The molecule has 0 radical (unpaired) electrons. The van der Waals surface area contributed by atoms with Gasteiger partial charge >= 0.3 is 0 Å². The first-order valence-electron chi connectivity index (χ1n) is 11.9. The molecule has 8 nitrogen and oxygen atoms in total. The van der Waals surface area contributed by atoms with Crippen molar-refractivity contribution in [2.45, 2.75) is 63.2 Å². The van der Waals surface area contributed by atoms with Crippen molar-refractivity contribution in [2.75, 3.05) is 18.0 Å².